The molecule has 7 rings (SSSR count). The summed E-state index contributed by atoms with van der Waals surface area (Å²) in [4.78, 5) is 21.7. The van der Waals surface area contributed by atoms with Crippen LogP contribution in [0.25, 0.3) is 26.7 Å². The number of halogens is 2. The third-order valence-electron chi connectivity index (χ3n) is 8.12. The van der Waals surface area contributed by atoms with Crippen molar-refractivity contribution in [2.75, 3.05) is 35.0 Å². The molecule has 3 heterocycles. The highest BCUT2D eigenvalue weighted by Crippen LogP contribution is 2.48. The summed E-state index contributed by atoms with van der Waals surface area (Å²) in [6.45, 7) is 5.99. The minimum Gasteiger partial charge on any atom is -0.507 e. The number of carbonyl (C=O) groups excluding carboxylic acids is 1. The Balaban J connectivity index is 0.000000204. The summed E-state index contributed by atoms with van der Waals surface area (Å²) in [7, 11) is 6.21. The third kappa shape index (κ3) is 10.1. The largest absolute Gasteiger partial charge is 0.507 e. The van der Waals surface area contributed by atoms with Gasteiger partial charge in [0.15, 0.2) is 23.0 Å². The summed E-state index contributed by atoms with van der Waals surface area (Å²) < 4.78 is 28.3. The van der Waals surface area contributed by atoms with Gasteiger partial charge < -0.3 is 39.4 Å². The van der Waals surface area contributed by atoms with Crippen molar-refractivity contribution in [1.82, 2.24) is 9.97 Å². The molecule has 0 saturated carbocycles. The Morgan fingerprint density at radius 2 is 1.47 bits per heavy atom. The van der Waals surface area contributed by atoms with Crippen LogP contribution in [0.4, 0.5) is 0 Å². The molecule has 0 saturated heterocycles. The third-order valence-corrected chi connectivity index (χ3v) is 9.30. The number of nitrogens with two attached hydrogens (primary N) is 1. The Labute approximate surface area is 345 Å². The molecule has 0 radical (unpaired) electrons. The summed E-state index contributed by atoms with van der Waals surface area (Å²) in [5.41, 5.74) is 10.3. The maximum absolute atomic E-state index is 10.5. The minimum absolute atomic E-state index is 0.0139. The number of fused-ring (bicyclic) bond motifs is 4. The van der Waals surface area contributed by atoms with E-state index in [1.165, 1.54) is 7.11 Å². The van der Waals surface area contributed by atoms with Gasteiger partial charge >= 0.3 is 0 Å². The molecule has 3 N–H and O–H groups in total. The second-order valence-corrected chi connectivity index (χ2v) is 13.1. The van der Waals surface area contributed by atoms with Gasteiger partial charge in [-0.3, -0.25) is 14.8 Å². The lowest BCUT2D eigenvalue weighted by Crippen LogP contribution is -2.21. The van der Waals surface area contributed by atoms with Gasteiger partial charge in [-0.1, -0.05) is 12.1 Å². The van der Waals surface area contributed by atoms with Crippen LogP contribution in [-0.2, 0) is 0 Å². The summed E-state index contributed by atoms with van der Waals surface area (Å²) in [5, 5.41) is 28.4. The molecule has 13 nitrogen and oxygen atoms in total. The SMILES string of the molecule is COc1cc(C2C(C#N)=C(N)Oc3c2ccc2ncccc32)cc(Br)c1OC.COc1cc(C=O)cc(Br)c1OC.Oc1cccc2ncccc12.[C-]#[N+]CC#N. The Morgan fingerprint density at radius 3 is 2.02 bits per heavy atom. The van der Waals surface area contributed by atoms with E-state index in [-0.39, 0.29) is 18.2 Å². The molecule has 1 aliphatic heterocycles. The van der Waals surface area contributed by atoms with Crippen molar-refractivity contribution in [2.45, 2.75) is 5.92 Å². The second kappa shape index (κ2) is 20.7. The molecule has 15 heteroatoms. The Morgan fingerprint density at radius 1 is 0.860 bits per heavy atom. The highest BCUT2D eigenvalue weighted by molar-refractivity contribution is 9.11. The number of benzene rings is 4. The Bertz CT molecular complexity index is 2550. The molecule has 0 fully saturated rings. The second-order valence-electron chi connectivity index (χ2n) is 11.4. The molecule has 6 aromatic rings. The molecule has 288 valence electrons. The number of nitrogens with zero attached hydrogens (tertiary/aromatic N) is 5. The Kier molecular flexibility index (Phi) is 15.6. The first-order valence-corrected chi connectivity index (χ1v) is 18.2. The van der Waals surface area contributed by atoms with Gasteiger partial charge in [0.1, 0.15) is 35.5 Å². The number of nitriles is 2. The van der Waals surface area contributed by atoms with Crippen LogP contribution in [0.3, 0.4) is 0 Å². The maximum atomic E-state index is 10.5. The van der Waals surface area contributed by atoms with Crippen molar-refractivity contribution < 1.29 is 33.6 Å². The van der Waals surface area contributed by atoms with E-state index in [0.717, 1.165) is 43.7 Å². The number of hydrogen-bond acceptors (Lipinski definition) is 12. The van der Waals surface area contributed by atoms with Crippen molar-refractivity contribution in [2.24, 2.45) is 5.73 Å². The number of aromatic hydroxyl groups is 1. The number of methoxy groups -OCH3 is 4. The van der Waals surface area contributed by atoms with Crippen LogP contribution in [-0.4, -0.2) is 56.3 Å². The standard InChI is InChI=1S/C21H16BrN3O3.C9H9BrO3.C9H7NO.C3H2N2/c1-26-17-9-11(8-15(22)20(17)27-2)18-13-5-6-16-12(4-3-7-25-16)19(13)28-21(24)14(18)10-23;1-12-8-4-6(5-11)3-7(10)9(8)13-2;11-9-5-1-4-8-7(9)3-2-6-10-8;1-5-3-2-4/h3-9,18H,24H2,1-2H3;3-5H,1-2H3;1-6,11H;3H2. The smallest absolute Gasteiger partial charge is 0.298 e. The maximum Gasteiger partial charge on any atom is 0.298 e. The van der Waals surface area contributed by atoms with Crippen molar-refractivity contribution in [3.63, 3.8) is 0 Å². The van der Waals surface area contributed by atoms with E-state index in [2.05, 4.69) is 52.7 Å². The van der Waals surface area contributed by atoms with Crippen molar-refractivity contribution in [3.05, 3.63) is 140 Å². The van der Waals surface area contributed by atoms with Gasteiger partial charge in [-0.2, -0.15) is 10.5 Å². The van der Waals surface area contributed by atoms with Crippen LogP contribution in [0.1, 0.15) is 27.4 Å². The van der Waals surface area contributed by atoms with Crippen LogP contribution in [0.2, 0.25) is 0 Å². The van der Waals surface area contributed by atoms with Crippen LogP contribution < -0.4 is 29.4 Å². The molecule has 2 aromatic heterocycles. The zero-order valence-corrected chi connectivity index (χ0v) is 34.2. The number of rotatable bonds is 6. The first-order valence-electron chi connectivity index (χ1n) is 16.6. The van der Waals surface area contributed by atoms with E-state index < -0.39 is 5.92 Å². The first-order chi connectivity index (χ1) is 27.6. The van der Waals surface area contributed by atoms with E-state index in [1.54, 1.807) is 64.1 Å². The molecule has 0 aliphatic carbocycles. The molecule has 1 unspecified atom stereocenters. The van der Waals surface area contributed by atoms with Crippen molar-refractivity contribution in [3.8, 4) is 46.6 Å². The number of allylic oxidation sites excluding steroid dienone is 1. The molecule has 0 bridgehead atoms. The van der Waals surface area contributed by atoms with E-state index in [1.807, 2.05) is 54.6 Å². The molecule has 4 aromatic carbocycles. The molecule has 1 atom stereocenters. The molecule has 0 spiro atoms. The van der Waals surface area contributed by atoms with E-state index in [9.17, 15) is 15.2 Å². The van der Waals surface area contributed by atoms with E-state index >= 15 is 0 Å². The van der Waals surface area contributed by atoms with Crippen LogP contribution in [0.5, 0.6) is 34.5 Å². The molecule has 57 heavy (non-hydrogen) atoms. The first kappa shape index (κ1) is 42.9. The number of phenols is 1. The molecule has 1 aliphatic rings. The van der Waals surface area contributed by atoms with Crippen LogP contribution in [0.15, 0.2) is 112 Å². The highest BCUT2D eigenvalue weighted by atomic mass is 79.9. The lowest BCUT2D eigenvalue weighted by Gasteiger charge is -2.28. The summed E-state index contributed by atoms with van der Waals surface area (Å²) in [6.07, 6.45) is 4.19. The summed E-state index contributed by atoms with van der Waals surface area (Å²) >= 11 is 6.80. The fourth-order valence-corrected chi connectivity index (χ4v) is 6.89. The van der Waals surface area contributed by atoms with Gasteiger partial charge in [0.05, 0.1) is 54.3 Å². The van der Waals surface area contributed by atoms with Gasteiger partial charge in [0, 0.05) is 34.3 Å². The zero-order valence-electron chi connectivity index (χ0n) is 31.0. The lowest BCUT2D eigenvalue weighted by molar-refractivity contribution is 0.112. The van der Waals surface area contributed by atoms with Crippen LogP contribution in [0, 0.1) is 29.2 Å². The van der Waals surface area contributed by atoms with Gasteiger partial charge in [-0.05, 0) is 104 Å². The Hall–Kier alpha value is -6.86. The normalized spacial score (nSPS) is 12.2. The topological polar surface area (TPSA) is 187 Å². The van der Waals surface area contributed by atoms with Gasteiger partial charge in [0.25, 0.3) is 6.54 Å². The fraction of sp³-hybridized carbons (Fsp3) is 0.143. The average molecular weight is 895 g/mol. The molecule has 0 amide bonds. The average Bonchev–Trinajstić information content (AvgIpc) is 3.23. The lowest BCUT2D eigenvalue weighted by atomic mass is 9.82. The van der Waals surface area contributed by atoms with E-state index in [0.29, 0.717) is 44.4 Å². The monoisotopic (exact) mass is 892 g/mol. The molecular formula is C42H34Br2N6O7. The van der Waals surface area contributed by atoms with Gasteiger partial charge in [-0.25, -0.2) is 6.57 Å². The number of aromatic nitrogens is 2. The number of phenolic OH excluding ortho intramolecular Hbond substituents is 1. The highest BCUT2D eigenvalue weighted by Gasteiger charge is 2.33. The fourth-order valence-electron chi connectivity index (χ4n) is 5.64. The zero-order chi connectivity index (χ0) is 41.5. The number of ether oxygens (including phenoxy) is 5. The summed E-state index contributed by atoms with van der Waals surface area (Å²) in [5.74, 6) is 2.84. The van der Waals surface area contributed by atoms with Gasteiger partial charge in [0.2, 0.25) is 5.88 Å². The molecular weight excluding hydrogens is 860 g/mol. The minimum atomic E-state index is -0.408. The number of pyridine rings is 2. The van der Waals surface area contributed by atoms with Crippen molar-refractivity contribution in [1.29, 1.82) is 10.5 Å². The number of aldehydes is 1. The number of carbonyl (C=O) groups is 1. The van der Waals surface area contributed by atoms with Crippen molar-refractivity contribution >= 4 is 60.0 Å². The predicted octanol–water partition coefficient (Wildman–Crippen LogP) is 8.88. The van der Waals surface area contributed by atoms with E-state index in [4.69, 9.17) is 41.3 Å². The number of hydrogen-bond donors (Lipinski definition) is 2. The summed E-state index contributed by atoms with van der Waals surface area (Å²) in [6, 6.07) is 27.5. The van der Waals surface area contributed by atoms with Gasteiger partial charge in [-0.15, -0.1) is 0 Å². The van der Waals surface area contributed by atoms with Crippen LogP contribution >= 0.6 is 31.9 Å². The predicted molar refractivity (Wildman–Crippen MR) is 221 cm³/mol. The quantitative estimate of drug-likeness (QED) is 0.0920.